The molecule has 0 bridgehead atoms. The molecule has 0 radical (unpaired) electrons. The number of anilines is 2. The van der Waals surface area contributed by atoms with Crippen molar-refractivity contribution in [1.29, 1.82) is 0 Å². The Morgan fingerprint density at radius 2 is 1.72 bits per heavy atom. The molecule has 1 N–H and O–H groups in total. The van der Waals surface area contributed by atoms with E-state index in [4.69, 9.17) is 9.47 Å². The van der Waals surface area contributed by atoms with Gasteiger partial charge in [-0.15, -0.1) is 0 Å². The predicted molar refractivity (Wildman–Crippen MR) is 99.6 cm³/mol. The Bertz CT molecular complexity index is 720. The summed E-state index contributed by atoms with van der Waals surface area (Å²) in [5.41, 5.74) is 2.41. The van der Waals surface area contributed by atoms with Gasteiger partial charge >= 0.3 is 0 Å². The molecule has 5 nitrogen and oxygen atoms in total. The number of rotatable bonds is 4. The van der Waals surface area contributed by atoms with Crippen LogP contribution in [0.4, 0.5) is 11.4 Å². The Kier molecular flexibility index (Phi) is 5.24. The standard InChI is InChI=1S/C20H24N2O3/c1-14-12-25-13-15(2)22(14)17-10-8-16(9-11-17)21-20(23)18-6-4-5-7-19(18)24-3/h4-11,14-15H,12-13H2,1-3H3,(H,21,23). The van der Waals surface area contributed by atoms with Crippen molar-refractivity contribution in [2.24, 2.45) is 0 Å². The zero-order chi connectivity index (χ0) is 17.8. The van der Waals surface area contributed by atoms with Crippen molar-refractivity contribution in [3.63, 3.8) is 0 Å². The van der Waals surface area contributed by atoms with Crippen molar-refractivity contribution >= 4 is 17.3 Å². The third-order valence-corrected chi connectivity index (χ3v) is 4.44. The van der Waals surface area contributed by atoms with Crippen molar-refractivity contribution < 1.29 is 14.3 Å². The summed E-state index contributed by atoms with van der Waals surface area (Å²) in [5.74, 6) is 0.380. The van der Waals surface area contributed by atoms with Crippen molar-refractivity contribution in [2.45, 2.75) is 25.9 Å². The quantitative estimate of drug-likeness (QED) is 0.924. The minimum Gasteiger partial charge on any atom is -0.496 e. The predicted octanol–water partition coefficient (Wildman–Crippen LogP) is 3.56. The van der Waals surface area contributed by atoms with Gasteiger partial charge in [0.2, 0.25) is 0 Å². The number of amides is 1. The number of nitrogens with zero attached hydrogens (tertiary/aromatic N) is 1. The summed E-state index contributed by atoms with van der Waals surface area (Å²) >= 11 is 0. The van der Waals surface area contributed by atoms with Crippen LogP contribution in [-0.2, 0) is 4.74 Å². The Labute approximate surface area is 148 Å². The van der Waals surface area contributed by atoms with Gasteiger partial charge < -0.3 is 19.7 Å². The number of hydrogen-bond acceptors (Lipinski definition) is 4. The topological polar surface area (TPSA) is 50.8 Å². The number of hydrogen-bond donors (Lipinski definition) is 1. The van der Waals surface area contributed by atoms with E-state index in [1.54, 1.807) is 19.2 Å². The molecule has 2 aromatic carbocycles. The van der Waals surface area contributed by atoms with Gasteiger partial charge in [-0.1, -0.05) is 12.1 Å². The third kappa shape index (κ3) is 3.77. The molecule has 1 aliphatic heterocycles. The van der Waals surface area contributed by atoms with Crippen molar-refractivity contribution in [3.8, 4) is 5.75 Å². The molecule has 132 valence electrons. The Balaban J connectivity index is 1.73. The molecule has 0 spiro atoms. The largest absolute Gasteiger partial charge is 0.496 e. The van der Waals surface area contributed by atoms with E-state index in [1.807, 2.05) is 36.4 Å². The van der Waals surface area contributed by atoms with Crippen molar-refractivity contribution in [1.82, 2.24) is 0 Å². The second kappa shape index (κ2) is 7.57. The number of benzene rings is 2. The molecule has 3 rings (SSSR count). The monoisotopic (exact) mass is 340 g/mol. The van der Waals surface area contributed by atoms with Gasteiger partial charge in [-0.05, 0) is 50.2 Å². The minimum absolute atomic E-state index is 0.182. The number of carbonyl (C=O) groups excluding carboxylic acids is 1. The van der Waals surface area contributed by atoms with Crippen LogP contribution in [0.15, 0.2) is 48.5 Å². The lowest BCUT2D eigenvalue weighted by Gasteiger charge is -2.40. The minimum atomic E-state index is -0.182. The van der Waals surface area contributed by atoms with E-state index in [9.17, 15) is 4.79 Å². The number of methoxy groups -OCH3 is 1. The van der Waals surface area contributed by atoms with Gasteiger partial charge in [0.15, 0.2) is 0 Å². The van der Waals surface area contributed by atoms with E-state index < -0.39 is 0 Å². The molecular weight excluding hydrogens is 316 g/mol. The second-order valence-electron chi connectivity index (χ2n) is 6.34. The van der Waals surface area contributed by atoms with Crippen LogP contribution in [0.1, 0.15) is 24.2 Å². The lowest BCUT2D eigenvalue weighted by molar-refractivity contribution is 0.0757. The Morgan fingerprint density at radius 1 is 1.08 bits per heavy atom. The fourth-order valence-electron chi connectivity index (χ4n) is 3.26. The maximum atomic E-state index is 12.5. The summed E-state index contributed by atoms with van der Waals surface area (Å²) in [4.78, 5) is 14.8. The third-order valence-electron chi connectivity index (χ3n) is 4.44. The molecule has 1 amide bonds. The summed E-state index contributed by atoms with van der Waals surface area (Å²) in [5, 5.41) is 2.92. The molecule has 1 heterocycles. The van der Waals surface area contributed by atoms with Gasteiger partial charge in [0.05, 0.1) is 25.9 Å². The van der Waals surface area contributed by atoms with E-state index in [-0.39, 0.29) is 5.91 Å². The molecule has 0 aromatic heterocycles. The van der Waals surface area contributed by atoms with Crippen molar-refractivity contribution in [2.75, 3.05) is 30.5 Å². The van der Waals surface area contributed by atoms with Crippen LogP contribution in [0.3, 0.4) is 0 Å². The Hall–Kier alpha value is -2.53. The lowest BCUT2D eigenvalue weighted by Crippen LogP contribution is -2.49. The van der Waals surface area contributed by atoms with Crippen LogP contribution in [0.25, 0.3) is 0 Å². The molecule has 25 heavy (non-hydrogen) atoms. The van der Waals surface area contributed by atoms with Crippen molar-refractivity contribution in [3.05, 3.63) is 54.1 Å². The first kappa shape index (κ1) is 17.3. The van der Waals surface area contributed by atoms with Gasteiger partial charge in [-0.2, -0.15) is 0 Å². The highest BCUT2D eigenvalue weighted by molar-refractivity contribution is 6.06. The van der Waals surface area contributed by atoms with E-state index in [2.05, 4.69) is 24.1 Å². The molecule has 5 heteroatoms. The maximum Gasteiger partial charge on any atom is 0.259 e. The van der Waals surface area contributed by atoms with Gasteiger partial charge in [-0.25, -0.2) is 0 Å². The zero-order valence-electron chi connectivity index (χ0n) is 14.9. The number of para-hydroxylation sites is 1. The molecule has 0 aliphatic carbocycles. The normalized spacial score (nSPS) is 20.2. The molecule has 1 aliphatic rings. The van der Waals surface area contributed by atoms with Crippen LogP contribution in [0, 0.1) is 0 Å². The molecular formula is C20H24N2O3. The summed E-state index contributed by atoms with van der Waals surface area (Å²) in [7, 11) is 1.56. The summed E-state index contributed by atoms with van der Waals surface area (Å²) in [6.07, 6.45) is 0. The van der Waals surface area contributed by atoms with E-state index >= 15 is 0 Å². The maximum absolute atomic E-state index is 12.5. The highest BCUT2D eigenvalue weighted by atomic mass is 16.5. The highest BCUT2D eigenvalue weighted by Gasteiger charge is 2.25. The first-order chi connectivity index (χ1) is 12.1. The second-order valence-corrected chi connectivity index (χ2v) is 6.34. The first-order valence-corrected chi connectivity index (χ1v) is 8.50. The zero-order valence-corrected chi connectivity index (χ0v) is 14.9. The summed E-state index contributed by atoms with van der Waals surface area (Å²) < 4.78 is 10.8. The average molecular weight is 340 g/mol. The fourth-order valence-corrected chi connectivity index (χ4v) is 3.26. The molecule has 2 unspecified atom stereocenters. The van der Waals surface area contributed by atoms with Gasteiger partial charge in [0.1, 0.15) is 5.75 Å². The molecule has 1 saturated heterocycles. The molecule has 0 saturated carbocycles. The number of ether oxygens (including phenoxy) is 2. The summed E-state index contributed by atoms with van der Waals surface area (Å²) in [6, 6.07) is 15.8. The SMILES string of the molecule is COc1ccccc1C(=O)Nc1ccc(N2C(C)COCC2C)cc1. The van der Waals surface area contributed by atoms with Crippen LogP contribution in [-0.4, -0.2) is 38.3 Å². The number of morpholine rings is 1. The summed E-state index contributed by atoms with van der Waals surface area (Å²) in [6.45, 7) is 5.79. The number of carbonyl (C=O) groups is 1. The first-order valence-electron chi connectivity index (χ1n) is 8.50. The lowest BCUT2D eigenvalue weighted by atomic mass is 10.1. The van der Waals surface area contributed by atoms with Crippen LogP contribution in [0.2, 0.25) is 0 Å². The van der Waals surface area contributed by atoms with Crippen LogP contribution < -0.4 is 15.0 Å². The fraction of sp³-hybridized carbons (Fsp3) is 0.350. The van der Waals surface area contributed by atoms with Gasteiger partial charge in [-0.3, -0.25) is 4.79 Å². The Morgan fingerprint density at radius 3 is 2.36 bits per heavy atom. The highest BCUT2D eigenvalue weighted by Crippen LogP contribution is 2.26. The van der Waals surface area contributed by atoms with E-state index in [0.717, 1.165) is 24.6 Å². The van der Waals surface area contributed by atoms with Gasteiger partial charge in [0, 0.05) is 23.5 Å². The molecule has 2 atom stereocenters. The van der Waals surface area contributed by atoms with Gasteiger partial charge in [0.25, 0.3) is 5.91 Å². The van der Waals surface area contributed by atoms with Crippen LogP contribution >= 0.6 is 0 Å². The van der Waals surface area contributed by atoms with Crippen LogP contribution in [0.5, 0.6) is 5.75 Å². The molecule has 1 fully saturated rings. The average Bonchev–Trinajstić information content (AvgIpc) is 2.63. The molecule has 2 aromatic rings. The van der Waals surface area contributed by atoms with E-state index in [0.29, 0.717) is 23.4 Å². The smallest absolute Gasteiger partial charge is 0.259 e. The van der Waals surface area contributed by atoms with E-state index in [1.165, 1.54) is 0 Å². The number of nitrogens with one attached hydrogen (secondary N) is 1.